The van der Waals surface area contributed by atoms with Crippen LogP contribution in [-0.4, -0.2) is 34.8 Å². The average molecular weight is 468 g/mol. The first-order valence-corrected chi connectivity index (χ1v) is 10.5. The van der Waals surface area contributed by atoms with Gasteiger partial charge in [0.2, 0.25) is 0 Å². The van der Waals surface area contributed by atoms with Crippen molar-refractivity contribution in [2.24, 2.45) is 5.16 Å². The summed E-state index contributed by atoms with van der Waals surface area (Å²) in [6, 6.07) is 11.8. The molecule has 2 amide bonds. The Kier molecular flexibility index (Phi) is 7.03. The van der Waals surface area contributed by atoms with Crippen LogP contribution in [0.25, 0.3) is 0 Å². The van der Waals surface area contributed by atoms with Gasteiger partial charge in [0.25, 0.3) is 0 Å². The van der Waals surface area contributed by atoms with E-state index in [1.807, 2.05) is 32.9 Å². The summed E-state index contributed by atoms with van der Waals surface area (Å²) >= 11 is 5.93. The molecule has 1 unspecified atom stereocenters. The Balaban J connectivity index is 1.74. The number of carbonyl (C=O) groups is 1. The Bertz CT molecular complexity index is 985. The lowest BCUT2D eigenvalue weighted by Gasteiger charge is -2.30. The Morgan fingerprint density at radius 2 is 1.88 bits per heavy atom. The molecule has 32 heavy (non-hydrogen) atoms. The van der Waals surface area contributed by atoms with Crippen LogP contribution in [0.4, 0.5) is 18.0 Å². The van der Waals surface area contributed by atoms with Crippen LogP contribution in [-0.2, 0) is 17.6 Å². The number of halogens is 4. The van der Waals surface area contributed by atoms with Crippen molar-refractivity contribution < 1.29 is 22.8 Å². The molecule has 1 heterocycles. The molecule has 3 rings (SSSR count). The average Bonchev–Trinajstić information content (AvgIpc) is 3.15. The number of alkyl halides is 3. The van der Waals surface area contributed by atoms with Gasteiger partial charge >= 0.3 is 12.2 Å². The van der Waals surface area contributed by atoms with Gasteiger partial charge in [-0.25, -0.2) is 4.79 Å². The highest BCUT2D eigenvalue weighted by atomic mass is 35.5. The van der Waals surface area contributed by atoms with E-state index in [0.29, 0.717) is 17.0 Å². The Hall–Kier alpha value is -2.74. The maximum atomic E-state index is 13.1. The van der Waals surface area contributed by atoms with E-state index in [9.17, 15) is 18.0 Å². The highest BCUT2D eigenvalue weighted by Crippen LogP contribution is 2.30. The SMILES string of the molecule is CC(C)(C)NC(=O)N(Cc1cccc(C(F)(F)F)c1)CC1CC(c2ccc(Cl)cc2)=NO1. The Labute approximate surface area is 190 Å². The number of nitrogens with zero attached hydrogens (tertiary/aromatic N) is 2. The van der Waals surface area contributed by atoms with E-state index in [4.69, 9.17) is 16.4 Å². The molecular formula is C23H25ClF3N3O2. The first kappa shape index (κ1) is 23.9. The fourth-order valence-electron chi connectivity index (χ4n) is 3.27. The molecule has 1 atom stereocenters. The summed E-state index contributed by atoms with van der Waals surface area (Å²) < 4.78 is 39.3. The van der Waals surface area contributed by atoms with Gasteiger partial charge in [-0.1, -0.05) is 41.0 Å². The smallest absolute Gasteiger partial charge is 0.390 e. The fourth-order valence-corrected chi connectivity index (χ4v) is 3.40. The van der Waals surface area contributed by atoms with Gasteiger partial charge in [0.15, 0.2) is 6.10 Å². The van der Waals surface area contributed by atoms with E-state index in [-0.39, 0.29) is 13.1 Å². The van der Waals surface area contributed by atoms with E-state index in [2.05, 4.69) is 10.5 Å². The normalized spacial score (nSPS) is 16.3. The number of oxime groups is 1. The highest BCUT2D eigenvalue weighted by molar-refractivity contribution is 6.30. The standard InChI is InChI=1S/C23H25ClF3N3O2/c1-22(2,3)28-21(31)30(13-15-5-4-6-17(11-15)23(25,26)27)14-19-12-20(29-32-19)16-7-9-18(24)10-8-16/h4-11,19H,12-14H2,1-3H3,(H,28,31). The number of rotatable bonds is 5. The van der Waals surface area contributed by atoms with Gasteiger partial charge in [0.05, 0.1) is 17.8 Å². The second-order valence-corrected chi connectivity index (χ2v) is 9.17. The van der Waals surface area contributed by atoms with Gasteiger partial charge < -0.3 is 15.1 Å². The molecule has 5 nitrogen and oxygen atoms in total. The molecule has 172 valence electrons. The lowest BCUT2D eigenvalue weighted by Crippen LogP contribution is -2.50. The molecule has 0 radical (unpaired) electrons. The third kappa shape index (κ3) is 6.63. The maximum Gasteiger partial charge on any atom is 0.416 e. The number of amides is 2. The van der Waals surface area contributed by atoms with E-state index >= 15 is 0 Å². The number of hydrogen-bond donors (Lipinski definition) is 1. The monoisotopic (exact) mass is 467 g/mol. The van der Waals surface area contributed by atoms with Gasteiger partial charge in [-0.15, -0.1) is 0 Å². The van der Waals surface area contributed by atoms with Crippen LogP contribution in [0, 0.1) is 0 Å². The quantitative estimate of drug-likeness (QED) is 0.598. The second-order valence-electron chi connectivity index (χ2n) is 8.74. The maximum absolute atomic E-state index is 13.1. The van der Waals surface area contributed by atoms with Crippen molar-refractivity contribution in [2.75, 3.05) is 6.54 Å². The fraction of sp³-hybridized carbons (Fsp3) is 0.391. The first-order chi connectivity index (χ1) is 14.9. The number of urea groups is 1. The lowest BCUT2D eigenvalue weighted by molar-refractivity contribution is -0.137. The third-order valence-corrected chi connectivity index (χ3v) is 4.98. The van der Waals surface area contributed by atoms with Crippen LogP contribution in [0.1, 0.15) is 43.9 Å². The van der Waals surface area contributed by atoms with Crippen LogP contribution in [0.5, 0.6) is 0 Å². The van der Waals surface area contributed by atoms with Crippen LogP contribution < -0.4 is 5.32 Å². The van der Waals surface area contributed by atoms with Crippen molar-refractivity contribution in [1.29, 1.82) is 0 Å². The summed E-state index contributed by atoms with van der Waals surface area (Å²) in [7, 11) is 0. The summed E-state index contributed by atoms with van der Waals surface area (Å²) in [5, 5.41) is 7.60. The molecule has 0 bridgehead atoms. The zero-order valence-corrected chi connectivity index (χ0v) is 18.8. The zero-order valence-electron chi connectivity index (χ0n) is 18.0. The molecule has 0 aromatic heterocycles. The summed E-state index contributed by atoms with van der Waals surface area (Å²) in [4.78, 5) is 19.9. The highest BCUT2D eigenvalue weighted by Gasteiger charge is 2.32. The van der Waals surface area contributed by atoms with Gasteiger partial charge in [-0.3, -0.25) is 0 Å². The molecule has 1 aliphatic heterocycles. The van der Waals surface area contributed by atoms with E-state index < -0.39 is 29.4 Å². The summed E-state index contributed by atoms with van der Waals surface area (Å²) in [6.45, 7) is 5.67. The molecule has 2 aromatic carbocycles. The minimum atomic E-state index is -4.45. The minimum Gasteiger partial charge on any atom is -0.390 e. The molecule has 0 saturated carbocycles. The molecule has 9 heteroatoms. The van der Waals surface area contributed by atoms with Crippen molar-refractivity contribution in [2.45, 2.75) is 51.6 Å². The predicted octanol–water partition coefficient (Wildman–Crippen LogP) is 5.86. The van der Waals surface area contributed by atoms with Gasteiger partial charge in [-0.2, -0.15) is 13.2 Å². The van der Waals surface area contributed by atoms with Crippen LogP contribution in [0.2, 0.25) is 5.02 Å². The molecule has 0 aliphatic carbocycles. The van der Waals surface area contributed by atoms with Crippen LogP contribution in [0.15, 0.2) is 53.7 Å². The van der Waals surface area contributed by atoms with Crippen LogP contribution >= 0.6 is 11.6 Å². The largest absolute Gasteiger partial charge is 0.416 e. The molecule has 1 aliphatic rings. The van der Waals surface area contributed by atoms with Crippen molar-refractivity contribution in [3.05, 3.63) is 70.2 Å². The predicted molar refractivity (Wildman–Crippen MR) is 118 cm³/mol. The molecule has 0 saturated heterocycles. The lowest BCUT2D eigenvalue weighted by atomic mass is 10.0. The van der Waals surface area contributed by atoms with Gasteiger partial charge in [0, 0.05) is 23.5 Å². The first-order valence-electron chi connectivity index (χ1n) is 10.1. The number of carbonyl (C=O) groups excluding carboxylic acids is 1. The Morgan fingerprint density at radius 1 is 1.19 bits per heavy atom. The van der Waals surface area contributed by atoms with Crippen molar-refractivity contribution >= 4 is 23.3 Å². The molecule has 1 N–H and O–H groups in total. The molecule has 0 fully saturated rings. The Morgan fingerprint density at radius 3 is 2.50 bits per heavy atom. The van der Waals surface area contributed by atoms with Gasteiger partial charge in [-0.05, 0) is 56.2 Å². The van der Waals surface area contributed by atoms with Crippen molar-refractivity contribution in [1.82, 2.24) is 10.2 Å². The molecule has 2 aromatic rings. The summed E-state index contributed by atoms with van der Waals surface area (Å²) in [6.07, 6.45) is -4.41. The summed E-state index contributed by atoms with van der Waals surface area (Å²) in [5.41, 5.74) is 0.699. The number of nitrogens with one attached hydrogen (secondary N) is 1. The van der Waals surface area contributed by atoms with Crippen LogP contribution in [0.3, 0.4) is 0 Å². The molecular weight excluding hydrogens is 443 g/mol. The third-order valence-electron chi connectivity index (χ3n) is 4.73. The number of hydrogen-bond acceptors (Lipinski definition) is 3. The van der Waals surface area contributed by atoms with Crippen molar-refractivity contribution in [3.63, 3.8) is 0 Å². The zero-order chi connectivity index (χ0) is 23.5. The molecule has 0 spiro atoms. The summed E-state index contributed by atoms with van der Waals surface area (Å²) in [5.74, 6) is 0. The van der Waals surface area contributed by atoms with E-state index in [0.717, 1.165) is 23.4 Å². The van der Waals surface area contributed by atoms with E-state index in [1.54, 1.807) is 18.2 Å². The number of benzene rings is 2. The van der Waals surface area contributed by atoms with Gasteiger partial charge in [0.1, 0.15) is 0 Å². The van der Waals surface area contributed by atoms with Crippen molar-refractivity contribution in [3.8, 4) is 0 Å². The minimum absolute atomic E-state index is 0.00196. The van der Waals surface area contributed by atoms with E-state index in [1.165, 1.54) is 11.0 Å². The second kappa shape index (κ2) is 9.40. The topological polar surface area (TPSA) is 53.9 Å².